The van der Waals surface area contributed by atoms with Crippen molar-refractivity contribution in [1.29, 1.82) is 0 Å². The molecule has 0 saturated carbocycles. The second-order valence-corrected chi connectivity index (χ2v) is 4.51. The highest BCUT2D eigenvalue weighted by atomic mass is 16.5. The van der Waals surface area contributed by atoms with Crippen molar-refractivity contribution in [3.63, 3.8) is 0 Å². The van der Waals surface area contributed by atoms with Gasteiger partial charge in [0.1, 0.15) is 5.75 Å². The molecule has 18 heavy (non-hydrogen) atoms. The fraction of sp³-hybridized carbons (Fsp3) is 0.400. The molecule has 0 saturated heterocycles. The van der Waals surface area contributed by atoms with Crippen LogP contribution in [-0.2, 0) is 11.3 Å². The Morgan fingerprint density at radius 3 is 2.94 bits per heavy atom. The first kappa shape index (κ1) is 12.7. The van der Waals surface area contributed by atoms with Gasteiger partial charge in [-0.25, -0.2) is 0 Å². The fourth-order valence-corrected chi connectivity index (χ4v) is 2.21. The maximum atomic E-state index is 12.0. The van der Waals surface area contributed by atoms with Crippen LogP contribution < -0.4 is 10.1 Å². The molecule has 0 spiro atoms. The van der Waals surface area contributed by atoms with E-state index >= 15 is 0 Å². The van der Waals surface area contributed by atoms with Crippen molar-refractivity contribution in [3.05, 3.63) is 42.0 Å². The maximum absolute atomic E-state index is 12.0. The predicted octanol–water partition coefficient (Wildman–Crippen LogP) is 2.67. The number of hydrogen-bond donors (Lipinski definition) is 1. The van der Waals surface area contributed by atoms with E-state index in [0.29, 0.717) is 6.54 Å². The third-order valence-electron chi connectivity index (χ3n) is 3.29. The van der Waals surface area contributed by atoms with Gasteiger partial charge in [0, 0.05) is 18.0 Å². The van der Waals surface area contributed by atoms with Crippen molar-refractivity contribution < 1.29 is 9.53 Å². The van der Waals surface area contributed by atoms with Crippen molar-refractivity contribution in [2.75, 3.05) is 7.11 Å². The largest absolute Gasteiger partial charge is 0.496 e. The number of benzene rings is 1. The number of nitrogens with one attached hydrogen (secondary N) is 1. The predicted molar refractivity (Wildman–Crippen MR) is 71.3 cm³/mol. The van der Waals surface area contributed by atoms with Gasteiger partial charge in [-0.1, -0.05) is 30.4 Å². The molecule has 3 heteroatoms. The van der Waals surface area contributed by atoms with Gasteiger partial charge in [-0.15, -0.1) is 0 Å². The quantitative estimate of drug-likeness (QED) is 0.828. The Morgan fingerprint density at radius 1 is 1.39 bits per heavy atom. The number of rotatable bonds is 4. The van der Waals surface area contributed by atoms with Gasteiger partial charge in [0.2, 0.25) is 5.91 Å². The van der Waals surface area contributed by atoms with Crippen LogP contribution in [0.15, 0.2) is 36.4 Å². The Balaban J connectivity index is 1.90. The van der Waals surface area contributed by atoms with E-state index in [1.165, 1.54) is 0 Å². The summed E-state index contributed by atoms with van der Waals surface area (Å²) in [6, 6.07) is 7.76. The first-order valence-corrected chi connectivity index (χ1v) is 6.36. The molecule has 2 rings (SSSR count). The normalized spacial score (nSPS) is 18.4. The van der Waals surface area contributed by atoms with Gasteiger partial charge in [-0.2, -0.15) is 0 Å². The summed E-state index contributed by atoms with van der Waals surface area (Å²) in [5.74, 6) is 1.09. The summed E-state index contributed by atoms with van der Waals surface area (Å²) in [4.78, 5) is 12.0. The second-order valence-electron chi connectivity index (χ2n) is 4.51. The van der Waals surface area contributed by atoms with Crippen molar-refractivity contribution in [2.24, 2.45) is 5.92 Å². The van der Waals surface area contributed by atoms with Crippen LogP contribution >= 0.6 is 0 Å². The summed E-state index contributed by atoms with van der Waals surface area (Å²) in [5.41, 5.74) is 1.01. The number of hydrogen-bond acceptors (Lipinski definition) is 2. The zero-order valence-electron chi connectivity index (χ0n) is 10.7. The topological polar surface area (TPSA) is 38.3 Å². The summed E-state index contributed by atoms with van der Waals surface area (Å²) < 4.78 is 5.26. The lowest BCUT2D eigenvalue weighted by atomic mass is 9.93. The molecular formula is C15H19NO2. The van der Waals surface area contributed by atoms with Gasteiger partial charge in [0.25, 0.3) is 0 Å². The van der Waals surface area contributed by atoms with E-state index in [2.05, 4.69) is 17.5 Å². The molecule has 1 atom stereocenters. The number of ether oxygens (including phenoxy) is 1. The molecule has 3 nitrogen and oxygen atoms in total. The van der Waals surface area contributed by atoms with Crippen LogP contribution in [-0.4, -0.2) is 13.0 Å². The Morgan fingerprint density at radius 2 is 2.22 bits per heavy atom. The van der Waals surface area contributed by atoms with Crippen LogP contribution in [0, 0.1) is 5.92 Å². The van der Waals surface area contributed by atoms with E-state index in [9.17, 15) is 4.79 Å². The molecule has 0 aliphatic heterocycles. The molecule has 1 aromatic rings. The van der Waals surface area contributed by atoms with Gasteiger partial charge < -0.3 is 10.1 Å². The lowest BCUT2D eigenvalue weighted by molar-refractivity contribution is -0.125. The van der Waals surface area contributed by atoms with E-state index in [-0.39, 0.29) is 11.8 Å². The van der Waals surface area contributed by atoms with Crippen molar-refractivity contribution in [3.8, 4) is 5.75 Å². The van der Waals surface area contributed by atoms with Crippen LogP contribution in [0.25, 0.3) is 0 Å². The monoisotopic (exact) mass is 245 g/mol. The minimum absolute atomic E-state index is 0.129. The first-order chi connectivity index (χ1) is 8.81. The highest BCUT2D eigenvalue weighted by molar-refractivity contribution is 5.79. The van der Waals surface area contributed by atoms with E-state index in [0.717, 1.165) is 30.6 Å². The van der Waals surface area contributed by atoms with Gasteiger partial charge in [-0.3, -0.25) is 4.79 Å². The average Bonchev–Trinajstić information content (AvgIpc) is 2.46. The molecular weight excluding hydrogens is 226 g/mol. The molecule has 1 aliphatic carbocycles. The van der Waals surface area contributed by atoms with E-state index in [1.54, 1.807) is 7.11 Å². The summed E-state index contributed by atoms with van der Waals surface area (Å²) >= 11 is 0. The number of carbonyl (C=O) groups excluding carboxylic acids is 1. The van der Waals surface area contributed by atoms with Gasteiger partial charge >= 0.3 is 0 Å². The van der Waals surface area contributed by atoms with Crippen molar-refractivity contribution >= 4 is 5.91 Å². The molecule has 0 aromatic heterocycles. The van der Waals surface area contributed by atoms with Crippen LogP contribution in [0.5, 0.6) is 5.75 Å². The van der Waals surface area contributed by atoms with Gasteiger partial charge in [0.05, 0.1) is 7.11 Å². The lowest BCUT2D eigenvalue weighted by Crippen LogP contribution is -2.30. The number of methoxy groups -OCH3 is 1. The molecule has 1 aromatic carbocycles. The van der Waals surface area contributed by atoms with Crippen LogP contribution in [0.4, 0.5) is 0 Å². The van der Waals surface area contributed by atoms with E-state index in [4.69, 9.17) is 4.74 Å². The smallest absolute Gasteiger partial charge is 0.223 e. The number of allylic oxidation sites excluding steroid dienone is 2. The Hall–Kier alpha value is -1.77. The zero-order chi connectivity index (χ0) is 12.8. The molecule has 1 N–H and O–H groups in total. The molecule has 0 heterocycles. The molecule has 1 amide bonds. The summed E-state index contributed by atoms with van der Waals surface area (Å²) in [5, 5.41) is 2.99. The van der Waals surface area contributed by atoms with Gasteiger partial charge in [0.15, 0.2) is 0 Å². The highest BCUT2D eigenvalue weighted by Crippen LogP contribution is 2.20. The minimum atomic E-state index is 0.129. The molecule has 1 aliphatic rings. The van der Waals surface area contributed by atoms with E-state index in [1.807, 2.05) is 24.3 Å². The SMILES string of the molecule is COc1ccccc1CNC(=O)[C@H]1CC=CCC1. The molecule has 0 radical (unpaired) electrons. The minimum Gasteiger partial charge on any atom is -0.496 e. The van der Waals surface area contributed by atoms with Crippen LogP contribution in [0.2, 0.25) is 0 Å². The second kappa shape index (κ2) is 6.24. The molecule has 0 bridgehead atoms. The molecule has 0 fully saturated rings. The maximum Gasteiger partial charge on any atom is 0.223 e. The average molecular weight is 245 g/mol. The van der Waals surface area contributed by atoms with Crippen LogP contribution in [0.1, 0.15) is 24.8 Å². The van der Waals surface area contributed by atoms with Gasteiger partial charge in [-0.05, 0) is 25.3 Å². The highest BCUT2D eigenvalue weighted by Gasteiger charge is 2.18. The van der Waals surface area contributed by atoms with Crippen molar-refractivity contribution in [1.82, 2.24) is 5.32 Å². The van der Waals surface area contributed by atoms with E-state index < -0.39 is 0 Å². The first-order valence-electron chi connectivity index (χ1n) is 6.36. The summed E-state index contributed by atoms with van der Waals surface area (Å²) in [7, 11) is 1.65. The number of amides is 1. The third-order valence-corrected chi connectivity index (χ3v) is 3.29. The van der Waals surface area contributed by atoms with Crippen molar-refractivity contribution in [2.45, 2.75) is 25.8 Å². The Bertz CT molecular complexity index is 440. The summed E-state index contributed by atoms with van der Waals surface area (Å²) in [6.07, 6.45) is 7.06. The molecule has 0 unspecified atom stereocenters. The lowest BCUT2D eigenvalue weighted by Gasteiger charge is -2.17. The number of carbonyl (C=O) groups is 1. The summed E-state index contributed by atoms with van der Waals surface area (Å²) in [6.45, 7) is 0.531. The Kier molecular flexibility index (Phi) is 4.40. The Labute approximate surface area is 108 Å². The third kappa shape index (κ3) is 3.13. The zero-order valence-corrected chi connectivity index (χ0v) is 10.7. The van der Waals surface area contributed by atoms with Crippen LogP contribution in [0.3, 0.4) is 0 Å². The fourth-order valence-electron chi connectivity index (χ4n) is 2.21. The standard InChI is InChI=1S/C15H19NO2/c1-18-14-10-6-5-9-13(14)11-16-15(17)12-7-3-2-4-8-12/h2-3,5-6,9-10,12H,4,7-8,11H2,1H3,(H,16,17)/t12-/m0/s1. The molecule has 96 valence electrons. The number of para-hydroxylation sites is 1.